The van der Waals surface area contributed by atoms with Crippen LogP contribution in [-0.4, -0.2) is 27.8 Å². The average Bonchev–Trinajstić information content (AvgIpc) is 3.15. The molecule has 0 radical (unpaired) electrons. The molecule has 22 heavy (non-hydrogen) atoms. The van der Waals surface area contributed by atoms with Gasteiger partial charge in [0.15, 0.2) is 0 Å². The summed E-state index contributed by atoms with van der Waals surface area (Å²) in [6, 6.07) is 5.29. The Balaban J connectivity index is 1.73. The summed E-state index contributed by atoms with van der Waals surface area (Å²) in [6.45, 7) is 0.225. The lowest BCUT2D eigenvalue weighted by atomic mass is 10.3. The van der Waals surface area contributed by atoms with Gasteiger partial charge >= 0.3 is 0 Å². The number of rotatable bonds is 4. The Morgan fingerprint density at radius 3 is 3.14 bits per heavy atom. The fraction of sp³-hybridized carbons (Fsp3) is 0.133. The Morgan fingerprint density at radius 1 is 1.50 bits per heavy atom. The van der Waals surface area contributed by atoms with E-state index in [1.807, 2.05) is 5.38 Å². The second kappa shape index (κ2) is 5.98. The van der Waals surface area contributed by atoms with Crippen LogP contribution in [0.25, 0.3) is 16.3 Å². The predicted octanol–water partition coefficient (Wildman–Crippen LogP) is 2.25. The van der Waals surface area contributed by atoms with Crippen molar-refractivity contribution < 1.29 is 9.21 Å². The standard InChI is InChI=1S/C15H13N3O3S/c1-18(13(19)5-4-10-3-2-7-21-10)9-12-16-11-6-8-22-14(11)15(20)17-12/h2-8H,9H2,1H3,(H,16,17,20)/b5-4+. The van der Waals surface area contributed by atoms with E-state index in [0.717, 1.165) is 0 Å². The summed E-state index contributed by atoms with van der Waals surface area (Å²) in [5, 5.41) is 1.82. The van der Waals surface area contributed by atoms with Gasteiger partial charge in [-0.2, -0.15) is 0 Å². The molecule has 0 unspecified atom stereocenters. The van der Waals surface area contributed by atoms with E-state index in [1.54, 1.807) is 37.6 Å². The lowest BCUT2D eigenvalue weighted by molar-refractivity contribution is -0.125. The van der Waals surface area contributed by atoms with Gasteiger partial charge in [-0.3, -0.25) is 9.59 Å². The van der Waals surface area contributed by atoms with Gasteiger partial charge in [-0.15, -0.1) is 11.3 Å². The Labute approximate surface area is 129 Å². The highest BCUT2D eigenvalue weighted by Crippen LogP contribution is 2.14. The van der Waals surface area contributed by atoms with Crippen molar-refractivity contribution in [3.8, 4) is 0 Å². The smallest absolute Gasteiger partial charge is 0.268 e. The quantitative estimate of drug-likeness (QED) is 0.749. The van der Waals surface area contributed by atoms with E-state index in [1.165, 1.54) is 22.3 Å². The molecule has 7 heteroatoms. The molecule has 0 aliphatic rings. The molecule has 1 N–H and O–H groups in total. The van der Waals surface area contributed by atoms with Gasteiger partial charge in [0, 0.05) is 13.1 Å². The molecule has 1 amide bonds. The fourth-order valence-electron chi connectivity index (χ4n) is 1.97. The van der Waals surface area contributed by atoms with E-state index < -0.39 is 0 Å². The first-order valence-electron chi connectivity index (χ1n) is 6.56. The number of H-pyrrole nitrogens is 1. The minimum Gasteiger partial charge on any atom is -0.465 e. The minimum atomic E-state index is -0.204. The Kier molecular flexibility index (Phi) is 3.88. The van der Waals surface area contributed by atoms with Crippen LogP contribution in [0.4, 0.5) is 0 Å². The number of aromatic amines is 1. The number of likely N-dealkylation sites (N-methyl/N-ethyl adjacent to an activating group) is 1. The van der Waals surface area contributed by atoms with E-state index in [2.05, 4.69) is 9.97 Å². The molecule has 3 heterocycles. The molecule has 3 rings (SSSR count). The zero-order valence-electron chi connectivity index (χ0n) is 11.8. The Bertz CT molecular complexity index is 877. The molecule has 3 aromatic heterocycles. The summed E-state index contributed by atoms with van der Waals surface area (Å²) in [5.74, 6) is 0.857. The summed E-state index contributed by atoms with van der Waals surface area (Å²) in [4.78, 5) is 32.4. The number of fused-ring (bicyclic) bond motifs is 1. The van der Waals surface area contributed by atoms with Crippen molar-refractivity contribution in [3.05, 3.63) is 57.9 Å². The minimum absolute atomic E-state index is 0.179. The van der Waals surface area contributed by atoms with Gasteiger partial charge in [0.25, 0.3) is 5.56 Å². The van der Waals surface area contributed by atoms with Crippen molar-refractivity contribution in [2.24, 2.45) is 0 Å². The van der Waals surface area contributed by atoms with E-state index in [4.69, 9.17) is 4.42 Å². The summed E-state index contributed by atoms with van der Waals surface area (Å²) >= 11 is 1.35. The third-order valence-corrected chi connectivity index (χ3v) is 3.96. The monoisotopic (exact) mass is 315 g/mol. The number of nitrogens with one attached hydrogen (secondary N) is 1. The molecule has 0 aliphatic carbocycles. The van der Waals surface area contributed by atoms with E-state index >= 15 is 0 Å². The maximum atomic E-state index is 12.0. The molecule has 112 valence electrons. The molecule has 0 bridgehead atoms. The van der Waals surface area contributed by atoms with Crippen LogP contribution in [0.5, 0.6) is 0 Å². The van der Waals surface area contributed by atoms with Gasteiger partial charge in [0.1, 0.15) is 16.3 Å². The molecule has 6 nitrogen and oxygen atoms in total. The van der Waals surface area contributed by atoms with Crippen LogP contribution in [0.15, 0.2) is 45.1 Å². The number of hydrogen-bond acceptors (Lipinski definition) is 5. The maximum Gasteiger partial charge on any atom is 0.268 e. The normalized spacial score (nSPS) is 11.3. The summed E-state index contributed by atoms with van der Waals surface area (Å²) < 4.78 is 5.71. The lowest BCUT2D eigenvalue weighted by Crippen LogP contribution is -2.26. The first-order chi connectivity index (χ1) is 10.6. The number of carbonyl (C=O) groups excluding carboxylic acids is 1. The Morgan fingerprint density at radius 2 is 2.36 bits per heavy atom. The third kappa shape index (κ3) is 2.99. The molecule has 0 aliphatic heterocycles. The van der Waals surface area contributed by atoms with Gasteiger partial charge in [-0.05, 0) is 29.7 Å². The van der Waals surface area contributed by atoms with Gasteiger partial charge in [0.05, 0.1) is 18.3 Å². The Hall–Kier alpha value is -2.67. The fourth-order valence-corrected chi connectivity index (χ4v) is 2.69. The first kappa shape index (κ1) is 14.3. The summed E-state index contributed by atoms with van der Waals surface area (Å²) in [6.07, 6.45) is 4.55. The molecule has 0 spiro atoms. The molecule has 0 saturated carbocycles. The number of hydrogen-bond donors (Lipinski definition) is 1. The van der Waals surface area contributed by atoms with Crippen LogP contribution in [0.1, 0.15) is 11.6 Å². The van der Waals surface area contributed by atoms with Crippen LogP contribution in [0.2, 0.25) is 0 Å². The van der Waals surface area contributed by atoms with Crippen molar-refractivity contribution in [1.29, 1.82) is 0 Å². The largest absolute Gasteiger partial charge is 0.465 e. The van der Waals surface area contributed by atoms with Crippen molar-refractivity contribution in [2.45, 2.75) is 6.54 Å². The predicted molar refractivity (Wildman–Crippen MR) is 84.5 cm³/mol. The molecule has 0 saturated heterocycles. The van der Waals surface area contributed by atoms with Crippen molar-refractivity contribution in [2.75, 3.05) is 7.05 Å². The molecule has 3 aromatic rings. The number of nitrogens with zero attached hydrogens (tertiary/aromatic N) is 2. The van der Waals surface area contributed by atoms with Gasteiger partial charge in [0.2, 0.25) is 5.91 Å². The molecular weight excluding hydrogens is 302 g/mol. The van der Waals surface area contributed by atoms with Crippen molar-refractivity contribution in [3.63, 3.8) is 0 Å². The van der Waals surface area contributed by atoms with Crippen LogP contribution < -0.4 is 5.56 Å². The number of amides is 1. The molecule has 0 aromatic carbocycles. The maximum absolute atomic E-state index is 12.0. The van der Waals surface area contributed by atoms with Crippen LogP contribution in [-0.2, 0) is 11.3 Å². The first-order valence-corrected chi connectivity index (χ1v) is 7.44. The van der Waals surface area contributed by atoms with Crippen LogP contribution >= 0.6 is 11.3 Å². The second-order valence-corrected chi connectivity index (χ2v) is 5.61. The van der Waals surface area contributed by atoms with E-state index in [0.29, 0.717) is 21.8 Å². The topological polar surface area (TPSA) is 79.2 Å². The zero-order valence-corrected chi connectivity index (χ0v) is 12.6. The highest BCUT2D eigenvalue weighted by atomic mass is 32.1. The van der Waals surface area contributed by atoms with Gasteiger partial charge in [-0.1, -0.05) is 0 Å². The number of thiophene rings is 1. The van der Waals surface area contributed by atoms with Gasteiger partial charge < -0.3 is 14.3 Å². The molecule has 0 atom stereocenters. The van der Waals surface area contributed by atoms with Gasteiger partial charge in [-0.25, -0.2) is 4.98 Å². The summed E-state index contributed by atoms with van der Waals surface area (Å²) in [7, 11) is 1.65. The number of aromatic nitrogens is 2. The average molecular weight is 315 g/mol. The summed E-state index contributed by atoms with van der Waals surface area (Å²) in [5.41, 5.74) is 0.470. The van der Waals surface area contributed by atoms with E-state index in [-0.39, 0.29) is 18.0 Å². The van der Waals surface area contributed by atoms with Crippen LogP contribution in [0, 0.1) is 0 Å². The number of furan rings is 1. The molecule has 0 fully saturated rings. The third-order valence-electron chi connectivity index (χ3n) is 3.06. The van der Waals surface area contributed by atoms with E-state index in [9.17, 15) is 9.59 Å². The zero-order chi connectivity index (χ0) is 15.5. The SMILES string of the molecule is CN(Cc1nc2ccsc2c(=O)[nH]1)C(=O)/C=C/c1ccco1. The number of carbonyl (C=O) groups is 1. The highest BCUT2D eigenvalue weighted by Gasteiger charge is 2.10. The second-order valence-electron chi connectivity index (χ2n) is 4.69. The van der Waals surface area contributed by atoms with Crippen molar-refractivity contribution >= 4 is 33.5 Å². The van der Waals surface area contributed by atoms with Crippen LogP contribution in [0.3, 0.4) is 0 Å². The van der Waals surface area contributed by atoms with Crippen molar-refractivity contribution in [1.82, 2.24) is 14.9 Å². The molecular formula is C15H13N3O3S. The highest BCUT2D eigenvalue weighted by molar-refractivity contribution is 7.17. The lowest BCUT2D eigenvalue weighted by Gasteiger charge is -2.14.